The van der Waals surface area contributed by atoms with Gasteiger partial charge in [-0.25, -0.2) is 16.8 Å². The van der Waals surface area contributed by atoms with Crippen molar-refractivity contribution in [3.63, 3.8) is 0 Å². The smallest absolute Gasteiger partial charge is 0.206 e. The molecule has 9 rings (SSSR count). The summed E-state index contributed by atoms with van der Waals surface area (Å²) in [7, 11) is -7.66. The first-order valence-corrected chi connectivity index (χ1v) is 26.2. The second kappa shape index (κ2) is 20.7. The Morgan fingerprint density at radius 3 is 0.743 bits per heavy atom. The SMILES string of the molecule is O=S(=O)(c1ccc(Oc2ccc(C#CC3(O)CCCCC3)cc2)cc1)c1ccc(Oc2ccc(Oc3ccc(S(=O)(=O)c4ccc(Oc5ccc(C#CC6(O)CCCCC6)cc5)cc4)cc3)cc2)cc1. The maximum absolute atomic E-state index is 13.5. The lowest BCUT2D eigenvalue weighted by atomic mass is 9.85. The molecule has 7 aromatic rings. The highest BCUT2D eigenvalue weighted by molar-refractivity contribution is 7.91. The zero-order valence-corrected chi connectivity index (χ0v) is 39.8. The highest BCUT2D eigenvalue weighted by Crippen LogP contribution is 2.33. The van der Waals surface area contributed by atoms with Crippen molar-refractivity contribution in [2.45, 2.75) is 95.0 Å². The minimum Gasteiger partial charge on any atom is -0.457 e. The summed E-state index contributed by atoms with van der Waals surface area (Å²) in [6, 6.07) is 46.0. The summed E-state index contributed by atoms with van der Waals surface area (Å²) in [6.45, 7) is 0. The number of benzene rings is 7. The van der Waals surface area contributed by atoms with E-state index in [0.717, 1.165) is 49.7 Å². The lowest BCUT2D eigenvalue weighted by Crippen LogP contribution is -2.29. The fourth-order valence-electron chi connectivity index (χ4n) is 8.25. The van der Waals surface area contributed by atoms with Gasteiger partial charge < -0.3 is 29.2 Å². The maximum Gasteiger partial charge on any atom is 0.206 e. The second-order valence-corrected chi connectivity index (χ2v) is 21.4. The molecule has 0 atom stereocenters. The van der Waals surface area contributed by atoms with Crippen molar-refractivity contribution in [2.75, 3.05) is 0 Å². The zero-order valence-electron chi connectivity index (χ0n) is 38.2. The van der Waals surface area contributed by atoms with Gasteiger partial charge in [0.2, 0.25) is 19.7 Å². The number of rotatable bonds is 12. The summed E-state index contributed by atoms with van der Waals surface area (Å²) in [4.78, 5) is 0.429. The van der Waals surface area contributed by atoms with E-state index in [1.807, 2.05) is 24.3 Å². The molecule has 0 unspecified atom stereocenters. The lowest BCUT2D eigenvalue weighted by molar-refractivity contribution is 0.0606. The van der Waals surface area contributed by atoms with Gasteiger partial charge in [-0.15, -0.1) is 0 Å². The van der Waals surface area contributed by atoms with Gasteiger partial charge in [0.25, 0.3) is 0 Å². The van der Waals surface area contributed by atoms with Crippen molar-refractivity contribution in [3.8, 4) is 69.7 Å². The number of ether oxygens (including phenoxy) is 4. The standard InChI is InChI=1S/C58H50O10S2/c59-57(37-3-1-4-38-57)41-35-43-7-11-45(12-8-43)65-49-19-27-53(28-20-49)69(61,62)55-31-23-51(24-32-55)67-47-15-17-48(18-16-47)68-52-25-33-56(34-26-52)70(63,64)54-29-21-50(22-30-54)66-46-13-9-44(10-14-46)36-42-58(60)39-5-2-6-40-58/h7-34,59-60H,1-6,37-40H2. The van der Waals surface area contributed by atoms with Crippen molar-refractivity contribution in [2.24, 2.45) is 0 Å². The molecule has 2 aliphatic rings. The van der Waals surface area contributed by atoms with Gasteiger partial charge in [0.05, 0.1) is 19.6 Å². The van der Waals surface area contributed by atoms with Crippen LogP contribution in [-0.4, -0.2) is 38.3 Å². The Hall–Kier alpha value is -7.32. The van der Waals surface area contributed by atoms with Gasteiger partial charge in [-0.05, 0) is 221 Å². The van der Waals surface area contributed by atoms with E-state index in [0.29, 0.717) is 71.7 Å². The summed E-state index contributed by atoms with van der Waals surface area (Å²) < 4.78 is 77.8. The van der Waals surface area contributed by atoms with Crippen LogP contribution in [0.2, 0.25) is 0 Å². The molecule has 2 N–H and O–H groups in total. The largest absolute Gasteiger partial charge is 0.457 e. The van der Waals surface area contributed by atoms with E-state index >= 15 is 0 Å². The molecule has 0 heterocycles. The minimum absolute atomic E-state index is 0.102. The predicted molar refractivity (Wildman–Crippen MR) is 266 cm³/mol. The number of hydrogen-bond donors (Lipinski definition) is 2. The molecule has 0 radical (unpaired) electrons. The van der Waals surface area contributed by atoms with Crippen LogP contribution in [0, 0.1) is 23.7 Å². The van der Waals surface area contributed by atoms with Gasteiger partial charge in [0.15, 0.2) is 0 Å². The highest BCUT2D eigenvalue weighted by Gasteiger charge is 2.28. The molecule has 354 valence electrons. The first-order valence-electron chi connectivity index (χ1n) is 23.2. The van der Waals surface area contributed by atoms with E-state index in [1.165, 1.54) is 48.5 Å². The van der Waals surface area contributed by atoms with E-state index in [-0.39, 0.29) is 19.6 Å². The van der Waals surface area contributed by atoms with Crippen molar-refractivity contribution >= 4 is 19.7 Å². The Morgan fingerprint density at radius 2 is 0.514 bits per heavy atom. The second-order valence-electron chi connectivity index (χ2n) is 17.5. The fourth-order valence-corrected chi connectivity index (χ4v) is 10.8. The summed E-state index contributed by atoms with van der Waals surface area (Å²) in [6.07, 6.45) is 8.97. The topological polar surface area (TPSA) is 146 Å². The van der Waals surface area contributed by atoms with Crippen LogP contribution in [0.3, 0.4) is 0 Å². The van der Waals surface area contributed by atoms with Gasteiger partial charge in [-0.3, -0.25) is 0 Å². The molecular weight excluding hydrogens is 921 g/mol. The van der Waals surface area contributed by atoms with Crippen LogP contribution in [0.4, 0.5) is 0 Å². The molecule has 7 aromatic carbocycles. The van der Waals surface area contributed by atoms with Crippen LogP contribution in [0.5, 0.6) is 46.0 Å². The monoisotopic (exact) mass is 970 g/mol. The van der Waals surface area contributed by atoms with Crippen molar-refractivity contribution < 1.29 is 46.0 Å². The van der Waals surface area contributed by atoms with Crippen molar-refractivity contribution in [1.82, 2.24) is 0 Å². The van der Waals surface area contributed by atoms with Crippen molar-refractivity contribution in [3.05, 3.63) is 181 Å². The summed E-state index contributed by atoms with van der Waals surface area (Å²) in [5, 5.41) is 21.3. The third-order valence-electron chi connectivity index (χ3n) is 12.3. The van der Waals surface area contributed by atoms with E-state index in [9.17, 15) is 27.0 Å². The molecule has 0 aromatic heterocycles. The van der Waals surface area contributed by atoms with Gasteiger partial charge in [0, 0.05) is 11.1 Å². The van der Waals surface area contributed by atoms with Crippen molar-refractivity contribution in [1.29, 1.82) is 0 Å². The van der Waals surface area contributed by atoms with Crippen LogP contribution in [0.15, 0.2) is 189 Å². The average Bonchev–Trinajstić information content (AvgIpc) is 3.38. The minimum atomic E-state index is -3.83. The first-order chi connectivity index (χ1) is 33.8. The molecule has 70 heavy (non-hydrogen) atoms. The van der Waals surface area contributed by atoms with Crippen LogP contribution in [0.1, 0.15) is 75.3 Å². The van der Waals surface area contributed by atoms with Crippen LogP contribution in [-0.2, 0) is 19.7 Å². The molecule has 12 heteroatoms. The Kier molecular flexibility index (Phi) is 14.1. The van der Waals surface area contributed by atoms with E-state index in [1.54, 1.807) is 97.1 Å². The number of aliphatic hydroxyl groups is 2. The Bertz CT molecular complexity index is 3040. The Labute approximate surface area is 409 Å². The fraction of sp³-hybridized carbons (Fsp3) is 0.207. The third kappa shape index (κ3) is 11.9. The van der Waals surface area contributed by atoms with E-state index in [2.05, 4.69) is 23.7 Å². The number of hydrogen-bond acceptors (Lipinski definition) is 10. The van der Waals surface area contributed by atoms with Crippen LogP contribution < -0.4 is 18.9 Å². The molecule has 10 nitrogen and oxygen atoms in total. The van der Waals surface area contributed by atoms with Crippen LogP contribution >= 0.6 is 0 Å². The predicted octanol–water partition coefficient (Wildman–Crippen LogP) is 12.6. The summed E-state index contributed by atoms with van der Waals surface area (Å²) >= 11 is 0. The molecule has 2 saturated carbocycles. The highest BCUT2D eigenvalue weighted by atomic mass is 32.2. The molecule has 2 fully saturated rings. The van der Waals surface area contributed by atoms with Gasteiger partial charge in [-0.2, -0.15) is 0 Å². The molecular formula is C58H50O10S2. The molecule has 0 spiro atoms. The van der Waals surface area contributed by atoms with E-state index < -0.39 is 30.9 Å². The average molecular weight is 971 g/mol. The molecule has 0 saturated heterocycles. The molecule has 0 aliphatic heterocycles. The van der Waals surface area contributed by atoms with Gasteiger partial charge in [0.1, 0.15) is 57.2 Å². The van der Waals surface area contributed by atoms with Gasteiger partial charge in [-0.1, -0.05) is 36.5 Å². The Balaban J connectivity index is 0.744. The molecule has 2 aliphatic carbocycles. The molecule has 0 bridgehead atoms. The first kappa shape index (κ1) is 47.7. The number of sulfone groups is 2. The quantitative estimate of drug-likeness (QED) is 0.113. The van der Waals surface area contributed by atoms with Crippen LogP contribution in [0.25, 0.3) is 0 Å². The third-order valence-corrected chi connectivity index (χ3v) is 15.8. The Morgan fingerprint density at radius 1 is 0.314 bits per heavy atom. The maximum atomic E-state index is 13.5. The molecule has 0 amide bonds. The van der Waals surface area contributed by atoms with Gasteiger partial charge >= 0.3 is 0 Å². The summed E-state index contributed by atoms with van der Waals surface area (Å²) in [5.41, 5.74) is -0.289. The van der Waals surface area contributed by atoms with E-state index in [4.69, 9.17) is 18.9 Å². The zero-order chi connectivity index (χ0) is 48.6. The lowest BCUT2D eigenvalue weighted by Gasteiger charge is -2.26. The normalized spacial score (nSPS) is 15.2. The summed E-state index contributed by atoms with van der Waals surface area (Å²) in [5.74, 6) is 16.2.